The first-order chi connectivity index (χ1) is 9.21. The number of carbonyl (C=O) groups is 1. The van der Waals surface area contributed by atoms with E-state index in [9.17, 15) is 4.79 Å². The Labute approximate surface area is 125 Å². The van der Waals surface area contributed by atoms with E-state index in [-0.39, 0.29) is 28.8 Å². The second kappa shape index (κ2) is 5.08. The highest BCUT2D eigenvalue weighted by Gasteiger charge is 2.60. The summed E-state index contributed by atoms with van der Waals surface area (Å²) >= 11 is 1.67. The van der Waals surface area contributed by atoms with Crippen molar-refractivity contribution in [2.45, 2.75) is 44.7 Å². The fourth-order valence-electron chi connectivity index (χ4n) is 3.51. The van der Waals surface area contributed by atoms with Crippen molar-refractivity contribution in [2.24, 2.45) is 16.6 Å². The van der Waals surface area contributed by atoms with Gasteiger partial charge in [0.2, 0.25) is 0 Å². The average Bonchev–Trinajstić information content (AvgIpc) is 2.43. The number of benzene rings is 1. The van der Waals surface area contributed by atoms with Crippen molar-refractivity contribution in [3.63, 3.8) is 0 Å². The van der Waals surface area contributed by atoms with Gasteiger partial charge >= 0.3 is 0 Å². The fourth-order valence-corrected chi connectivity index (χ4v) is 3.92. The molecule has 0 aliphatic heterocycles. The van der Waals surface area contributed by atoms with Gasteiger partial charge < -0.3 is 11.1 Å². The minimum absolute atomic E-state index is 0.0179. The van der Waals surface area contributed by atoms with Gasteiger partial charge in [-0.15, -0.1) is 11.8 Å². The predicted octanol–water partition coefficient (Wildman–Crippen LogP) is 2.90. The SMILES string of the molecule is CSc1ccc(C(=O)NC2C(C)(C)C(N)C2(C)C)cc1. The standard InChI is InChI=1S/C16H24N2OS/c1-15(2)13(17)16(3,4)14(15)18-12(19)10-6-8-11(20-5)9-7-10/h6-9,13-14H,17H2,1-5H3,(H,18,19). The third-order valence-corrected chi connectivity index (χ3v) is 5.46. The summed E-state index contributed by atoms with van der Waals surface area (Å²) in [5.41, 5.74) is 6.78. The van der Waals surface area contributed by atoms with Crippen molar-refractivity contribution in [3.05, 3.63) is 29.8 Å². The third kappa shape index (κ3) is 2.35. The molecule has 1 aliphatic rings. The van der Waals surface area contributed by atoms with Gasteiger partial charge in [0.05, 0.1) is 0 Å². The van der Waals surface area contributed by atoms with Crippen molar-refractivity contribution in [1.29, 1.82) is 0 Å². The fraction of sp³-hybridized carbons (Fsp3) is 0.562. The summed E-state index contributed by atoms with van der Waals surface area (Å²) in [7, 11) is 0. The van der Waals surface area contributed by atoms with Crippen LogP contribution in [0.3, 0.4) is 0 Å². The van der Waals surface area contributed by atoms with Crippen LogP contribution in [0.15, 0.2) is 29.2 Å². The van der Waals surface area contributed by atoms with E-state index < -0.39 is 0 Å². The van der Waals surface area contributed by atoms with E-state index >= 15 is 0 Å². The van der Waals surface area contributed by atoms with Gasteiger partial charge in [-0.2, -0.15) is 0 Å². The van der Waals surface area contributed by atoms with Crippen molar-refractivity contribution in [2.75, 3.05) is 6.26 Å². The molecule has 1 aromatic rings. The lowest BCUT2D eigenvalue weighted by Gasteiger charge is -2.62. The highest BCUT2D eigenvalue weighted by atomic mass is 32.2. The zero-order valence-electron chi connectivity index (χ0n) is 12.9. The van der Waals surface area contributed by atoms with Crippen LogP contribution in [0.2, 0.25) is 0 Å². The van der Waals surface area contributed by atoms with Gasteiger partial charge in [-0.05, 0) is 30.5 Å². The van der Waals surface area contributed by atoms with Crippen molar-refractivity contribution in [1.82, 2.24) is 5.32 Å². The molecule has 0 radical (unpaired) electrons. The molecule has 0 aromatic heterocycles. The topological polar surface area (TPSA) is 55.1 Å². The summed E-state index contributed by atoms with van der Waals surface area (Å²) in [5.74, 6) is -0.0179. The van der Waals surface area contributed by atoms with Gasteiger partial charge in [-0.3, -0.25) is 4.79 Å². The monoisotopic (exact) mass is 292 g/mol. The molecule has 1 fully saturated rings. The van der Waals surface area contributed by atoms with Gasteiger partial charge in [0.25, 0.3) is 5.91 Å². The van der Waals surface area contributed by atoms with Crippen LogP contribution in [0, 0.1) is 10.8 Å². The van der Waals surface area contributed by atoms with Gasteiger partial charge in [0, 0.05) is 33.4 Å². The zero-order valence-corrected chi connectivity index (χ0v) is 13.7. The van der Waals surface area contributed by atoms with Crippen LogP contribution >= 0.6 is 11.8 Å². The molecule has 110 valence electrons. The maximum absolute atomic E-state index is 12.4. The molecule has 3 N–H and O–H groups in total. The van der Waals surface area contributed by atoms with E-state index in [1.165, 1.54) is 0 Å². The molecule has 2 rings (SSSR count). The second-order valence-corrected chi connectivity index (χ2v) is 7.64. The van der Waals surface area contributed by atoms with Crippen molar-refractivity contribution < 1.29 is 4.79 Å². The lowest BCUT2D eigenvalue weighted by molar-refractivity contribution is -0.0663. The Morgan fingerprint density at radius 2 is 1.65 bits per heavy atom. The summed E-state index contributed by atoms with van der Waals surface area (Å²) in [4.78, 5) is 13.5. The van der Waals surface area contributed by atoms with Gasteiger partial charge in [0.15, 0.2) is 0 Å². The van der Waals surface area contributed by atoms with E-state index in [4.69, 9.17) is 5.73 Å². The molecule has 0 atom stereocenters. The molecular formula is C16H24N2OS. The number of rotatable bonds is 3. The molecule has 1 aromatic carbocycles. The van der Waals surface area contributed by atoms with Gasteiger partial charge in [-0.1, -0.05) is 27.7 Å². The molecular weight excluding hydrogens is 268 g/mol. The van der Waals surface area contributed by atoms with Crippen LogP contribution in [0.5, 0.6) is 0 Å². The molecule has 1 amide bonds. The molecule has 20 heavy (non-hydrogen) atoms. The first-order valence-electron chi connectivity index (χ1n) is 6.91. The molecule has 0 unspecified atom stereocenters. The molecule has 3 nitrogen and oxygen atoms in total. The number of nitrogens with one attached hydrogen (secondary N) is 1. The minimum Gasteiger partial charge on any atom is -0.348 e. The van der Waals surface area contributed by atoms with Crippen molar-refractivity contribution in [3.8, 4) is 0 Å². The van der Waals surface area contributed by atoms with Gasteiger partial charge in [0.1, 0.15) is 0 Å². The minimum atomic E-state index is -0.0711. The molecule has 1 aliphatic carbocycles. The first-order valence-corrected chi connectivity index (χ1v) is 8.14. The van der Waals surface area contributed by atoms with E-state index in [1.54, 1.807) is 11.8 Å². The maximum Gasteiger partial charge on any atom is 0.251 e. The lowest BCUT2D eigenvalue weighted by Crippen LogP contribution is -2.76. The van der Waals surface area contributed by atoms with Crippen LogP contribution < -0.4 is 11.1 Å². The summed E-state index contributed by atoms with van der Waals surface area (Å²) in [6, 6.07) is 7.89. The second-order valence-electron chi connectivity index (χ2n) is 6.76. The zero-order chi connectivity index (χ0) is 15.1. The molecule has 0 saturated heterocycles. The van der Waals surface area contributed by atoms with Crippen LogP contribution in [-0.2, 0) is 0 Å². The number of nitrogens with two attached hydrogens (primary N) is 1. The number of hydrogen-bond acceptors (Lipinski definition) is 3. The smallest absolute Gasteiger partial charge is 0.251 e. The van der Waals surface area contributed by atoms with Crippen LogP contribution in [0.4, 0.5) is 0 Å². The highest BCUT2D eigenvalue weighted by Crippen LogP contribution is 2.52. The number of carbonyl (C=O) groups excluding carboxylic acids is 1. The van der Waals surface area contributed by atoms with Crippen LogP contribution in [-0.4, -0.2) is 24.2 Å². The molecule has 0 bridgehead atoms. The molecule has 1 saturated carbocycles. The van der Waals surface area contributed by atoms with E-state index in [0.29, 0.717) is 5.56 Å². The average molecular weight is 292 g/mol. The Morgan fingerprint density at radius 3 is 2.10 bits per heavy atom. The third-order valence-electron chi connectivity index (χ3n) is 4.72. The Bertz CT molecular complexity index is 492. The highest BCUT2D eigenvalue weighted by molar-refractivity contribution is 7.98. The number of thioether (sulfide) groups is 1. The molecule has 4 heteroatoms. The quantitative estimate of drug-likeness (QED) is 0.842. The normalized spacial score (nSPS) is 26.7. The maximum atomic E-state index is 12.4. The Balaban J connectivity index is 2.11. The van der Waals surface area contributed by atoms with Crippen LogP contribution in [0.25, 0.3) is 0 Å². The number of hydrogen-bond donors (Lipinski definition) is 2. The summed E-state index contributed by atoms with van der Waals surface area (Å²) < 4.78 is 0. The lowest BCUT2D eigenvalue weighted by atomic mass is 9.48. The van der Waals surface area contributed by atoms with E-state index in [1.807, 2.05) is 30.5 Å². The summed E-state index contributed by atoms with van der Waals surface area (Å²) in [6.07, 6.45) is 2.02. The summed E-state index contributed by atoms with van der Waals surface area (Å²) in [5, 5.41) is 3.16. The largest absolute Gasteiger partial charge is 0.348 e. The Morgan fingerprint density at radius 1 is 1.15 bits per heavy atom. The predicted molar refractivity (Wildman–Crippen MR) is 85.0 cm³/mol. The Kier molecular flexibility index (Phi) is 3.91. The molecule has 0 heterocycles. The van der Waals surface area contributed by atoms with E-state index in [0.717, 1.165) is 4.90 Å². The van der Waals surface area contributed by atoms with Crippen LogP contribution in [0.1, 0.15) is 38.1 Å². The first kappa shape index (κ1) is 15.4. The molecule has 0 spiro atoms. The Hall–Kier alpha value is -1.00. The van der Waals surface area contributed by atoms with Gasteiger partial charge in [-0.25, -0.2) is 0 Å². The number of amides is 1. The van der Waals surface area contributed by atoms with E-state index in [2.05, 4.69) is 33.0 Å². The summed E-state index contributed by atoms with van der Waals surface area (Å²) in [6.45, 7) is 8.46. The van der Waals surface area contributed by atoms with Crippen molar-refractivity contribution >= 4 is 17.7 Å².